The predicted octanol–water partition coefficient (Wildman–Crippen LogP) is 3.48. The fourth-order valence-corrected chi connectivity index (χ4v) is 3.16. The Hall–Kier alpha value is -1.58. The minimum Gasteiger partial charge on any atom is -0.334 e. The molecule has 1 N–H and O–H groups in total. The third kappa shape index (κ3) is 3.26. The first-order chi connectivity index (χ1) is 10.3. The van der Waals surface area contributed by atoms with Gasteiger partial charge >= 0.3 is 0 Å². The van der Waals surface area contributed by atoms with Crippen LogP contribution in [-0.2, 0) is 0 Å². The van der Waals surface area contributed by atoms with Crippen molar-refractivity contribution in [2.45, 2.75) is 25.8 Å². The summed E-state index contributed by atoms with van der Waals surface area (Å²) in [4.78, 5) is 15.1. The van der Waals surface area contributed by atoms with E-state index in [0.29, 0.717) is 6.04 Å². The number of carbonyl (C=O) groups is 1. The summed E-state index contributed by atoms with van der Waals surface area (Å²) in [5.74, 6) is 0.169. The van der Waals surface area contributed by atoms with Crippen LogP contribution in [0.5, 0.6) is 0 Å². The van der Waals surface area contributed by atoms with Crippen molar-refractivity contribution in [1.29, 1.82) is 0 Å². The van der Waals surface area contributed by atoms with E-state index in [1.54, 1.807) is 0 Å². The van der Waals surface area contributed by atoms with Crippen LogP contribution in [0.1, 0.15) is 30.1 Å². The van der Waals surface area contributed by atoms with Crippen molar-refractivity contribution < 1.29 is 4.79 Å². The van der Waals surface area contributed by atoms with Gasteiger partial charge in [0, 0.05) is 24.7 Å². The first-order valence-corrected chi connectivity index (χ1v) is 7.80. The predicted molar refractivity (Wildman–Crippen MR) is 93.8 cm³/mol. The minimum atomic E-state index is 0. The molecule has 1 aliphatic rings. The SMILES string of the molecule is CCCN(C(=O)c1cccc2ccccc12)C1CCNC1.Cl. The fourth-order valence-electron chi connectivity index (χ4n) is 3.16. The topological polar surface area (TPSA) is 32.3 Å². The summed E-state index contributed by atoms with van der Waals surface area (Å²) in [6.45, 7) is 4.88. The monoisotopic (exact) mass is 318 g/mol. The van der Waals surface area contributed by atoms with Crippen LogP contribution in [-0.4, -0.2) is 36.5 Å². The Balaban J connectivity index is 0.00000176. The maximum atomic E-state index is 13.0. The highest BCUT2D eigenvalue weighted by molar-refractivity contribution is 6.07. The molecule has 118 valence electrons. The molecule has 1 unspecified atom stereocenters. The summed E-state index contributed by atoms with van der Waals surface area (Å²) in [5, 5.41) is 5.54. The Kier molecular flexibility index (Phi) is 5.81. The first-order valence-electron chi connectivity index (χ1n) is 7.80. The van der Waals surface area contributed by atoms with E-state index < -0.39 is 0 Å². The quantitative estimate of drug-likeness (QED) is 0.936. The van der Waals surface area contributed by atoms with Crippen LogP contribution < -0.4 is 5.32 Å². The zero-order valence-electron chi connectivity index (χ0n) is 12.9. The Morgan fingerprint density at radius 3 is 2.73 bits per heavy atom. The van der Waals surface area contributed by atoms with Gasteiger partial charge in [-0.3, -0.25) is 4.79 Å². The van der Waals surface area contributed by atoms with Gasteiger partial charge in [0.2, 0.25) is 0 Å². The second-order valence-electron chi connectivity index (χ2n) is 5.67. The van der Waals surface area contributed by atoms with Crippen LogP contribution in [0.15, 0.2) is 42.5 Å². The molecule has 0 bridgehead atoms. The Morgan fingerprint density at radius 2 is 2.00 bits per heavy atom. The van der Waals surface area contributed by atoms with Crippen LogP contribution in [0, 0.1) is 0 Å². The molecule has 0 radical (unpaired) electrons. The molecular weight excluding hydrogens is 296 g/mol. The number of amides is 1. The number of nitrogens with zero attached hydrogens (tertiary/aromatic N) is 1. The molecular formula is C18H23ClN2O. The van der Waals surface area contributed by atoms with E-state index in [4.69, 9.17) is 0 Å². The summed E-state index contributed by atoms with van der Waals surface area (Å²) in [6.07, 6.45) is 2.05. The lowest BCUT2D eigenvalue weighted by Gasteiger charge is -2.28. The van der Waals surface area contributed by atoms with Crippen molar-refractivity contribution >= 4 is 29.1 Å². The molecule has 2 aromatic rings. The molecule has 0 aliphatic carbocycles. The largest absolute Gasteiger partial charge is 0.334 e. The van der Waals surface area contributed by atoms with Gasteiger partial charge in [0.05, 0.1) is 0 Å². The zero-order valence-corrected chi connectivity index (χ0v) is 13.7. The number of rotatable bonds is 4. The molecule has 1 amide bonds. The van der Waals surface area contributed by atoms with Gasteiger partial charge in [-0.2, -0.15) is 0 Å². The summed E-state index contributed by atoms with van der Waals surface area (Å²) < 4.78 is 0. The van der Waals surface area contributed by atoms with Crippen LogP contribution >= 0.6 is 12.4 Å². The van der Waals surface area contributed by atoms with Crippen LogP contribution in [0.25, 0.3) is 10.8 Å². The number of halogens is 1. The normalized spacial score (nSPS) is 17.2. The highest BCUT2D eigenvalue weighted by atomic mass is 35.5. The maximum Gasteiger partial charge on any atom is 0.254 e. The van der Waals surface area contributed by atoms with E-state index in [2.05, 4.69) is 29.3 Å². The van der Waals surface area contributed by atoms with Gasteiger partial charge in [0.1, 0.15) is 0 Å². The van der Waals surface area contributed by atoms with Gasteiger partial charge in [-0.15, -0.1) is 12.4 Å². The molecule has 22 heavy (non-hydrogen) atoms. The van der Waals surface area contributed by atoms with Crippen molar-refractivity contribution in [2.24, 2.45) is 0 Å². The molecule has 1 aliphatic heterocycles. The zero-order chi connectivity index (χ0) is 14.7. The lowest BCUT2D eigenvalue weighted by Crippen LogP contribution is -2.42. The van der Waals surface area contributed by atoms with Gasteiger partial charge in [-0.1, -0.05) is 43.3 Å². The smallest absolute Gasteiger partial charge is 0.254 e. The molecule has 3 nitrogen and oxygen atoms in total. The summed E-state index contributed by atoms with van der Waals surface area (Å²) in [6, 6.07) is 14.4. The molecule has 3 rings (SSSR count). The molecule has 1 saturated heterocycles. The standard InChI is InChI=1S/C18H22N2O.ClH/c1-2-12-20(15-10-11-19-13-15)18(21)17-9-5-7-14-6-3-4-8-16(14)17;/h3-9,15,19H,2,10-13H2,1H3;1H. The van der Waals surface area contributed by atoms with Crippen molar-refractivity contribution in [3.8, 4) is 0 Å². The van der Waals surface area contributed by atoms with E-state index in [9.17, 15) is 4.79 Å². The number of benzene rings is 2. The Labute approximate surface area is 138 Å². The van der Waals surface area contributed by atoms with E-state index in [1.165, 1.54) is 0 Å². The van der Waals surface area contributed by atoms with E-state index in [0.717, 1.165) is 48.8 Å². The lowest BCUT2D eigenvalue weighted by molar-refractivity contribution is 0.0694. The lowest BCUT2D eigenvalue weighted by atomic mass is 10.0. The van der Waals surface area contributed by atoms with Crippen LogP contribution in [0.2, 0.25) is 0 Å². The summed E-state index contributed by atoms with van der Waals surface area (Å²) >= 11 is 0. The van der Waals surface area contributed by atoms with Crippen molar-refractivity contribution in [3.63, 3.8) is 0 Å². The first kappa shape index (κ1) is 16.8. The summed E-state index contributed by atoms with van der Waals surface area (Å²) in [5.41, 5.74) is 0.827. The minimum absolute atomic E-state index is 0. The molecule has 1 fully saturated rings. The van der Waals surface area contributed by atoms with E-state index in [-0.39, 0.29) is 18.3 Å². The highest BCUT2D eigenvalue weighted by Gasteiger charge is 2.27. The second kappa shape index (κ2) is 7.61. The molecule has 4 heteroatoms. The number of fused-ring (bicyclic) bond motifs is 1. The fraction of sp³-hybridized carbons (Fsp3) is 0.389. The number of hydrogen-bond donors (Lipinski definition) is 1. The van der Waals surface area contributed by atoms with Crippen molar-refractivity contribution in [1.82, 2.24) is 10.2 Å². The van der Waals surface area contributed by atoms with Gasteiger partial charge < -0.3 is 10.2 Å². The molecule has 0 spiro atoms. The molecule has 1 heterocycles. The number of hydrogen-bond acceptors (Lipinski definition) is 2. The van der Waals surface area contributed by atoms with E-state index >= 15 is 0 Å². The number of nitrogens with one attached hydrogen (secondary N) is 1. The third-order valence-electron chi connectivity index (χ3n) is 4.22. The van der Waals surface area contributed by atoms with Crippen LogP contribution in [0.4, 0.5) is 0 Å². The van der Waals surface area contributed by atoms with E-state index in [1.807, 2.05) is 30.3 Å². The molecule has 0 aromatic heterocycles. The maximum absolute atomic E-state index is 13.0. The number of carbonyl (C=O) groups excluding carboxylic acids is 1. The molecule has 1 atom stereocenters. The average Bonchev–Trinajstić information content (AvgIpc) is 3.05. The van der Waals surface area contributed by atoms with Gasteiger partial charge in [0.25, 0.3) is 5.91 Å². The van der Waals surface area contributed by atoms with Crippen LogP contribution in [0.3, 0.4) is 0 Å². The summed E-state index contributed by atoms with van der Waals surface area (Å²) in [7, 11) is 0. The third-order valence-corrected chi connectivity index (χ3v) is 4.22. The van der Waals surface area contributed by atoms with Crippen molar-refractivity contribution in [3.05, 3.63) is 48.0 Å². The molecule has 0 saturated carbocycles. The van der Waals surface area contributed by atoms with Gasteiger partial charge in [-0.05, 0) is 36.2 Å². The van der Waals surface area contributed by atoms with Gasteiger partial charge in [0.15, 0.2) is 0 Å². The molecule has 2 aromatic carbocycles. The van der Waals surface area contributed by atoms with Crippen molar-refractivity contribution in [2.75, 3.05) is 19.6 Å². The highest BCUT2D eigenvalue weighted by Crippen LogP contribution is 2.22. The Bertz CT molecular complexity index is 633. The Morgan fingerprint density at radius 1 is 1.23 bits per heavy atom. The van der Waals surface area contributed by atoms with Gasteiger partial charge in [-0.25, -0.2) is 0 Å². The second-order valence-corrected chi connectivity index (χ2v) is 5.67. The average molecular weight is 319 g/mol.